The average molecular weight is 535 g/mol. The monoisotopic (exact) mass is 534 g/mol. The molecule has 1 amide bonds. The molecule has 4 rings (SSSR count). The molecule has 2 aliphatic rings. The predicted molar refractivity (Wildman–Crippen MR) is 132 cm³/mol. The maximum Gasteiger partial charge on any atom is 0.414 e. The molecule has 0 spiro atoms. The molecule has 0 aliphatic carbocycles. The summed E-state index contributed by atoms with van der Waals surface area (Å²) in [4.78, 5) is 35.5. The van der Waals surface area contributed by atoms with E-state index >= 15 is 0 Å². The lowest BCUT2D eigenvalue weighted by Crippen LogP contribution is -2.48. The van der Waals surface area contributed by atoms with E-state index in [0.717, 1.165) is 30.2 Å². The SMILES string of the molecule is COc1cc2c(cc1CN1CCN(C(=O)c3cc(OC)c(OC)c(OC)c3)CC1)OCO2.O=C(O)C(=O)O. The number of carboxylic acid groups (broad SMARTS) is 2. The number of methoxy groups -OCH3 is 4. The Morgan fingerprint density at radius 1 is 0.763 bits per heavy atom. The molecule has 13 heteroatoms. The number of carbonyl (C=O) groups excluding carboxylic acids is 1. The summed E-state index contributed by atoms with van der Waals surface area (Å²) in [6.45, 7) is 3.64. The Balaban J connectivity index is 0.000000599. The fourth-order valence-electron chi connectivity index (χ4n) is 4.02. The molecule has 0 bridgehead atoms. The van der Waals surface area contributed by atoms with Crippen LogP contribution in [0.1, 0.15) is 15.9 Å². The van der Waals surface area contributed by atoms with E-state index in [1.54, 1.807) is 19.2 Å². The first kappa shape index (κ1) is 28.2. The van der Waals surface area contributed by atoms with E-state index in [0.29, 0.717) is 48.2 Å². The Morgan fingerprint density at radius 2 is 1.29 bits per heavy atom. The Morgan fingerprint density at radius 3 is 1.76 bits per heavy atom. The van der Waals surface area contributed by atoms with Crippen molar-refractivity contribution in [1.29, 1.82) is 0 Å². The van der Waals surface area contributed by atoms with Gasteiger partial charge in [-0.05, 0) is 18.2 Å². The summed E-state index contributed by atoms with van der Waals surface area (Å²) in [6.07, 6.45) is 0. The van der Waals surface area contributed by atoms with Gasteiger partial charge >= 0.3 is 11.9 Å². The number of nitrogens with zero attached hydrogens (tertiary/aromatic N) is 2. The van der Waals surface area contributed by atoms with E-state index in [2.05, 4.69) is 4.90 Å². The molecule has 2 aliphatic heterocycles. The van der Waals surface area contributed by atoms with E-state index in [1.807, 2.05) is 17.0 Å². The number of aliphatic carboxylic acids is 2. The zero-order chi connectivity index (χ0) is 27.8. The molecule has 2 aromatic carbocycles. The summed E-state index contributed by atoms with van der Waals surface area (Å²) in [7, 11) is 6.26. The zero-order valence-electron chi connectivity index (χ0n) is 21.5. The summed E-state index contributed by atoms with van der Waals surface area (Å²) in [5.74, 6) is -0.121. The van der Waals surface area contributed by atoms with Gasteiger partial charge in [0.2, 0.25) is 12.5 Å². The van der Waals surface area contributed by atoms with Gasteiger partial charge in [-0.25, -0.2) is 9.59 Å². The topological polar surface area (TPSA) is 154 Å². The van der Waals surface area contributed by atoms with Crippen molar-refractivity contribution < 1.29 is 53.0 Å². The highest BCUT2D eigenvalue weighted by atomic mass is 16.7. The van der Waals surface area contributed by atoms with E-state index in [9.17, 15) is 4.79 Å². The average Bonchev–Trinajstić information content (AvgIpc) is 3.39. The van der Waals surface area contributed by atoms with Crippen LogP contribution in [0.15, 0.2) is 24.3 Å². The number of amides is 1. The minimum Gasteiger partial charge on any atom is -0.496 e. The molecule has 0 saturated carbocycles. The Hall–Kier alpha value is -4.39. The molecule has 1 saturated heterocycles. The van der Waals surface area contributed by atoms with Gasteiger partial charge in [0.1, 0.15) is 5.75 Å². The van der Waals surface area contributed by atoms with E-state index < -0.39 is 11.9 Å². The highest BCUT2D eigenvalue weighted by Gasteiger charge is 2.26. The largest absolute Gasteiger partial charge is 0.496 e. The van der Waals surface area contributed by atoms with Gasteiger partial charge in [-0.15, -0.1) is 0 Å². The maximum absolute atomic E-state index is 13.1. The standard InChI is InChI=1S/C23H28N2O7.C2H2O4/c1-27-17-12-19-18(31-14-32-19)11-16(17)13-24-5-7-25(8-6-24)23(26)15-9-20(28-2)22(30-4)21(10-15)29-3;3-1(4)2(5)6/h9-12H,5-8,13-14H2,1-4H3;(H,3,4)(H,5,6). The number of rotatable bonds is 7. The number of piperazine rings is 1. The molecule has 0 atom stereocenters. The molecule has 38 heavy (non-hydrogen) atoms. The third kappa shape index (κ3) is 6.48. The highest BCUT2D eigenvalue weighted by molar-refractivity contribution is 6.27. The first-order chi connectivity index (χ1) is 18.2. The lowest BCUT2D eigenvalue weighted by Gasteiger charge is -2.35. The highest BCUT2D eigenvalue weighted by Crippen LogP contribution is 2.39. The molecule has 1 fully saturated rings. The van der Waals surface area contributed by atoms with Crippen molar-refractivity contribution in [3.8, 4) is 34.5 Å². The van der Waals surface area contributed by atoms with Crippen molar-refractivity contribution in [1.82, 2.24) is 9.80 Å². The van der Waals surface area contributed by atoms with Crippen LogP contribution >= 0.6 is 0 Å². The minimum absolute atomic E-state index is 0.0652. The second kappa shape index (κ2) is 12.7. The summed E-state index contributed by atoms with van der Waals surface area (Å²) in [5.41, 5.74) is 1.53. The Bertz CT molecular complexity index is 1140. The molecule has 0 unspecified atom stereocenters. The van der Waals surface area contributed by atoms with Crippen molar-refractivity contribution in [3.63, 3.8) is 0 Å². The van der Waals surface area contributed by atoms with Crippen LogP contribution in [0.2, 0.25) is 0 Å². The van der Waals surface area contributed by atoms with Crippen LogP contribution in [0, 0.1) is 0 Å². The molecule has 0 aromatic heterocycles. The molecule has 0 radical (unpaired) electrons. The van der Waals surface area contributed by atoms with Gasteiger partial charge in [0.15, 0.2) is 23.0 Å². The molecular weight excluding hydrogens is 504 g/mol. The van der Waals surface area contributed by atoms with Crippen molar-refractivity contribution in [3.05, 3.63) is 35.4 Å². The number of hydrogen-bond acceptors (Lipinski definition) is 10. The number of benzene rings is 2. The van der Waals surface area contributed by atoms with Crippen LogP contribution in [0.4, 0.5) is 0 Å². The smallest absolute Gasteiger partial charge is 0.414 e. The minimum atomic E-state index is -1.82. The number of fused-ring (bicyclic) bond motifs is 1. The second-order valence-corrected chi connectivity index (χ2v) is 8.11. The van der Waals surface area contributed by atoms with Gasteiger partial charge in [0, 0.05) is 49.9 Å². The van der Waals surface area contributed by atoms with E-state index in [4.69, 9.17) is 48.2 Å². The lowest BCUT2D eigenvalue weighted by atomic mass is 10.1. The van der Waals surface area contributed by atoms with Crippen LogP contribution < -0.4 is 28.4 Å². The van der Waals surface area contributed by atoms with Crippen LogP contribution in [-0.4, -0.2) is 99.3 Å². The number of ether oxygens (including phenoxy) is 6. The molecular formula is C25H30N2O11. The van der Waals surface area contributed by atoms with Gasteiger partial charge in [-0.2, -0.15) is 0 Å². The second-order valence-electron chi connectivity index (χ2n) is 8.11. The fourth-order valence-corrected chi connectivity index (χ4v) is 4.02. The summed E-state index contributed by atoms with van der Waals surface area (Å²) < 4.78 is 32.6. The van der Waals surface area contributed by atoms with Crippen LogP contribution in [0.5, 0.6) is 34.5 Å². The Kier molecular flexibility index (Phi) is 9.44. The summed E-state index contributed by atoms with van der Waals surface area (Å²) >= 11 is 0. The normalized spacial score (nSPS) is 14.2. The molecule has 2 heterocycles. The number of carbonyl (C=O) groups is 3. The van der Waals surface area contributed by atoms with Crippen molar-refractivity contribution in [2.75, 3.05) is 61.4 Å². The Labute approximate surface area is 219 Å². The quantitative estimate of drug-likeness (QED) is 0.496. The van der Waals surface area contributed by atoms with Gasteiger partial charge in [-0.1, -0.05) is 0 Å². The molecule has 2 N–H and O–H groups in total. The van der Waals surface area contributed by atoms with E-state index in [1.165, 1.54) is 21.3 Å². The molecule has 206 valence electrons. The fraction of sp³-hybridized carbons (Fsp3) is 0.400. The van der Waals surface area contributed by atoms with Crippen LogP contribution in [0.3, 0.4) is 0 Å². The van der Waals surface area contributed by atoms with Gasteiger partial charge < -0.3 is 43.5 Å². The summed E-state index contributed by atoms with van der Waals surface area (Å²) in [6, 6.07) is 7.21. The predicted octanol–water partition coefficient (Wildman–Crippen LogP) is 1.56. The number of hydrogen-bond donors (Lipinski definition) is 2. The van der Waals surface area contributed by atoms with Crippen LogP contribution in [0.25, 0.3) is 0 Å². The lowest BCUT2D eigenvalue weighted by molar-refractivity contribution is -0.159. The van der Waals surface area contributed by atoms with Crippen molar-refractivity contribution in [2.24, 2.45) is 0 Å². The van der Waals surface area contributed by atoms with E-state index in [-0.39, 0.29) is 12.7 Å². The third-order valence-electron chi connectivity index (χ3n) is 5.92. The summed E-state index contributed by atoms with van der Waals surface area (Å²) in [5, 5.41) is 14.8. The first-order valence-electron chi connectivity index (χ1n) is 11.5. The molecule has 13 nitrogen and oxygen atoms in total. The maximum atomic E-state index is 13.1. The van der Waals surface area contributed by atoms with Crippen LogP contribution in [-0.2, 0) is 16.1 Å². The van der Waals surface area contributed by atoms with Gasteiger partial charge in [0.25, 0.3) is 5.91 Å². The third-order valence-corrected chi connectivity index (χ3v) is 5.92. The zero-order valence-corrected chi connectivity index (χ0v) is 21.5. The van der Waals surface area contributed by atoms with Gasteiger partial charge in [0.05, 0.1) is 28.4 Å². The number of carboxylic acids is 2. The van der Waals surface area contributed by atoms with Crippen molar-refractivity contribution in [2.45, 2.75) is 6.54 Å². The van der Waals surface area contributed by atoms with Crippen molar-refractivity contribution >= 4 is 17.8 Å². The first-order valence-corrected chi connectivity index (χ1v) is 11.5. The molecule has 2 aromatic rings. The van der Waals surface area contributed by atoms with Gasteiger partial charge in [-0.3, -0.25) is 9.69 Å².